The summed E-state index contributed by atoms with van der Waals surface area (Å²) in [5.74, 6) is 1.78. The van der Waals surface area contributed by atoms with Gasteiger partial charge in [-0.15, -0.1) is 0 Å². The summed E-state index contributed by atoms with van der Waals surface area (Å²) in [6.07, 6.45) is 8.17. The molecule has 0 aliphatic carbocycles. The van der Waals surface area contributed by atoms with Crippen molar-refractivity contribution in [2.24, 2.45) is 0 Å². The Morgan fingerprint density at radius 1 is 1.18 bits per heavy atom. The molecule has 2 aromatic heterocycles. The number of ether oxygens (including phenoxy) is 1. The van der Waals surface area contributed by atoms with E-state index in [1.54, 1.807) is 7.11 Å². The zero-order valence-corrected chi connectivity index (χ0v) is 13.2. The molecule has 0 aromatic carbocycles. The van der Waals surface area contributed by atoms with E-state index < -0.39 is 0 Å². The smallest absolute Gasteiger partial charge is 0.111 e. The Balaban J connectivity index is 1.54. The fourth-order valence-corrected chi connectivity index (χ4v) is 3.13. The molecule has 0 atom stereocenters. The molecule has 1 aliphatic heterocycles. The number of aromatic nitrogens is 3. The van der Waals surface area contributed by atoms with Gasteiger partial charge >= 0.3 is 0 Å². The van der Waals surface area contributed by atoms with Gasteiger partial charge in [-0.2, -0.15) is 0 Å². The van der Waals surface area contributed by atoms with Crippen LogP contribution in [0.1, 0.15) is 30.3 Å². The van der Waals surface area contributed by atoms with E-state index in [2.05, 4.69) is 37.8 Å². The summed E-state index contributed by atoms with van der Waals surface area (Å²) in [5, 5.41) is 0. The summed E-state index contributed by atoms with van der Waals surface area (Å²) >= 11 is 0. The standard InChI is InChI=1S/C17H24N4O/c1-22-13-12-21-11-8-19-17(21)15-5-9-20(10-6-15)14-16-4-2-3-7-18-16/h2-4,7-8,11,15H,5-6,9-10,12-14H2,1H3. The van der Waals surface area contributed by atoms with E-state index >= 15 is 0 Å². The van der Waals surface area contributed by atoms with Gasteiger partial charge in [-0.3, -0.25) is 9.88 Å². The van der Waals surface area contributed by atoms with E-state index in [9.17, 15) is 0 Å². The summed E-state index contributed by atoms with van der Waals surface area (Å²) < 4.78 is 7.42. The molecule has 5 heteroatoms. The number of pyridine rings is 1. The number of rotatable bonds is 6. The van der Waals surface area contributed by atoms with E-state index in [1.807, 2.05) is 18.5 Å². The Labute approximate surface area is 131 Å². The average Bonchev–Trinajstić information content (AvgIpc) is 3.03. The fraction of sp³-hybridized carbons (Fsp3) is 0.529. The number of hydrogen-bond donors (Lipinski definition) is 0. The van der Waals surface area contributed by atoms with Gasteiger partial charge in [-0.05, 0) is 38.1 Å². The lowest BCUT2D eigenvalue weighted by atomic mass is 9.95. The second kappa shape index (κ2) is 7.51. The Morgan fingerprint density at radius 3 is 2.77 bits per heavy atom. The minimum absolute atomic E-state index is 0.562. The Morgan fingerprint density at radius 2 is 2.05 bits per heavy atom. The maximum Gasteiger partial charge on any atom is 0.111 e. The second-order valence-corrected chi connectivity index (χ2v) is 5.84. The van der Waals surface area contributed by atoms with Gasteiger partial charge in [0, 0.05) is 44.7 Å². The predicted octanol–water partition coefficient (Wildman–Crippen LogP) is 2.30. The molecule has 5 nitrogen and oxygen atoms in total. The van der Waals surface area contributed by atoms with Crippen LogP contribution >= 0.6 is 0 Å². The van der Waals surface area contributed by atoms with Gasteiger partial charge in [0.05, 0.1) is 12.3 Å². The van der Waals surface area contributed by atoms with Crippen LogP contribution in [0.5, 0.6) is 0 Å². The SMILES string of the molecule is COCCn1ccnc1C1CCN(Cc2ccccn2)CC1. The number of imidazole rings is 1. The molecule has 3 rings (SSSR count). The normalized spacial score (nSPS) is 17.0. The lowest BCUT2D eigenvalue weighted by Crippen LogP contribution is -2.33. The van der Waals surface area contributed by atoms with Crippen molar-refractivity contribution >= 4 is 0 Å². The van der Waals surface area contributed by atoms with Crippen molar-refractivity contribution in [3.05, 3.63) is 48.3 Å². The van der Waals surface area contributed by atoms with E-state index in [-0.39, 0.29) is 0 Å². The maximum absolute atomic E-state index is 5.18. The van der Waals surface area contributed by atoms with Crippen molar-refractivity contribution < 1.29 is 4.74 Å². The summed E-state index contributed by atoms with van der Waals surface area (Å²) in [5.41, 5.74) is 1.16. The minimum atomic E-state index is 0.562. The van der Waals surface area contributed by atoms with Gasteiger partial charge in [0.25, 0.3) is 0 Å². The molecule has 0 amide bonds. The first-order chi connectivity index (χ1) is 10.9. The summed E-state index contributed by atoms with van der Waals surface area (Å²) in [7, 11) is 1.74. The molecule has 0 saturated carbocycles. The molecule has 3 heterocycles. The third-order valence-electron chi connectivity index (χ3n) is 4.35. The number of nitrogens with zero attached hydrogens (tertiary/aromatic N) is 4. The summed E-state index contributed by atoms with van der Waals surface area (Å²) in [4.78, 5) is 11.5. The number of piperidine rings is 1. The Kier molecular flexibility index (Phi) is 5.19. The molecular weight excluding hydrogens is 276 g/mol. The summed E-state index contributed by atoms with van der Waals surface area (Å²) in [6.45, 7) is 4.80. The number of likely N-dealkylation sites (tertiary alicyclic amines) is 1. The Bertz CT molecular complexity index is 561. The van der Waals surface area contributed by atoms with Crippen LogP contribution in [0, 0.1) is 0 Å². The molecular formula is C17H24N4O. The van der Waals surface area contributed by atoms with Crippen molar-refractivity contribution in [1.82, 2.24) is 19.4 Å². The van der Waals surface area contributed by atoms with Crippen LogP contribution in [0.15, 0.2) is 36.8 Å². The van der Waals surface area contributed by atoms with Crippen molar-refractivity contribution in [2.75, 3.05) is 26.8 Å². The first-order valence-electron chi connectivity index (χ1n) is 7.99. The average molecular weight is 300 g/mol. The Hall–Kier alpha value is -1.72. The molecule has 1 aliphatic rings. The monoisotopic (exact) mass is 300 g/mol. The van der Waals surface area contributed by atoms with E-state index in [4.69, 9.17) is 4.74 Å². The fourth-order valence-electron chi connectivity index (χ4n) is 3.13. The van der Waals surface area contributed by atoms with E-state index in [0.29, 0.717) is 5.92 Å². The highest BCUT2D eigenvalue weighted by Gasteiger charge is 2.23. The van der Waals surface area contributed by atoms with Crippen LogP contribution in [-0.2, 0) is 17.8 Å². The molecule has 0 spiro atoms. The van der Waals surface area contributed by atoms with E-state index in [0.717, 1.165) is 51.3 Å². The first kappa shape index (κ1) is 15.2. The highest BCUT2D eigenvalue weighted by atomic mass is 16.5. The van der Waals surface area contributed by atoms with Crippen LogP contribution in [0.4, 0.5) is 0 Å². The highest BCUT2D eigenvalue weighted by molar-refractivity contribution is 5.05. The van der Waals surface area contributed by atoms with Crippen molar-refractivity contribution in [3.63, 3.8) is 0 Å². The van der Waals surface area contributed by atoms with Crippen LogP contribution in [0.3, 0.4) is 0 Å². The number of hydrogen-bond acceptors (Lipinski definition) is 4. The van der Waals surface area contributed by atoms with Gasteiger partial charge in [0.1, 0.15) is 5.82 Å². The van der Waals surface area contributed by atoms with Crippen LogP contribution < -0.4 is 0 Å². The number of methoxy groups -OCH3 is 1. The van der Waals surface area contributed by atoms with Crippen LogP contribution in [0.25, 0.3) is 0 Å². The third-order valence-corrected chi connectivity index (χ3v) is 4.35. The van der Waals surface area contributed by atoms with Gasteiger partial charge in [0.15, 0.2) is 0 Å². The van der Waals surface area contributed by atoms with Gasteiger partial charge in [-0.25, -0.2) is 4.98 Å². The molecule has 1 fully saturated rings. The van der Waals surface area contributed by atoms with Gasteiger partial charge < -0.3 is 9.30 Å². The molecule has 0 N–H and O–H groups in total. The highest BCUT2D eigenvalue weighted by Crippen LogP contribution is 2.27. The molecule has 118 valence electrons. The lowest BCUT2D eigenvalue weighted by molar-refractivity contribution is 0.179. The molecule has 2 aromatic rings. The molecule has 0 bridgehead atoms. The molecule has 0 radical (unpaired) electrons. The van der Waals surface area contributed by atoms with Crippen molar-refractivity contribution in [1.29, 1.82) is 0 Å². The van der Waals surface area contributed by atoms with Gasteiger partial charge in [-0.1, -0.05) is 6.07 Å². The van der Waals surface area contributed by atoms with Crippen LogP contribution in [-0.4, -0.2) is 46.2 Å². The lowest BCUT2D eigenvalue weighted by Gasteiger charge is -2.31. The zero-order chi connectivity index (χ0) is 15.2. The third kappa shape index (κ3) is 3.72. The van der Waals surface area contributed by atoms with Crippen molar-refractivity contribution in [3.8, 4) is 0 Å². The summed E-state index contributed by atoms with van der Waals surface area (Å²) in [6, 6.07) is 6.13. The van der Waals surface area contributed by atoms with Crippen molar-refractivity contribution in [2.45, 2.75) is 31.8 Å². The zero-order valence-electron chi connectivity index (χ0n) is 13.2. The second-order valence-electron chi connectivity index (χ2n) is 5.84. The topological polar surface area (TPSA) is 43.2 Å². The van der Waals surface area contributed by atoms with Crippen LogP contribution in [0.2, 0.25) is 0 Å². The minimum Gasteiger partial charge on any atom is -0.383 e. The largest absolute Gasteiger partial charge is 0.383 e. The maximum atomic E-state index is 5.18. The van der Waals surface area contributed by atoms with E-state index in [1.165, 1.54) is 5.82 Å². The molecule has 0 unspecified atom stereocenters. The predicted molar refractivity (Wildman–Crippen MR) is 85.6 cm³/mol. The molecule has 22 heavy (non-hydrogen) atoms. The van der Waals surface area contributed by atoms with Gasteiger partial charge in [0.2, 0.25) is 0 Å². The molecule has 1 saturated heterocycles. The first-order valence-corrected chi connectivity index (χ1v) is 7.99. The quantitative estimate of drug-likeness (QED) is 0.821.